The van der Waals surface area contributed by atoms with Gasteiger partial charge in [0.15, 0.2) is 0 Å². The van der Waals surface area contributed by atoms with E-state index < -0.39 is 39.7 Å². The number of carbonyl (C=O) groups excluding carboxylic acids is 1. The van der Waals surface area contributed by atoms with Gasteiger partial charge in [-0.25, -0.2) is 9.52 Å². The summed E-state index contributed by atoms with van der Waals surface area (Å²) in [6.45, 7) is 0. The predicted molar refractivity (Wildman–Crippen MR) is 42.2 cm³/mol. The van der Waals surface area contributed by atoms with Crippen molar-refractivity contribution in [3.8, 4) is 0 Å². The van der Waals surface area contributed by atoms with Crippen LogP contribution in [0, 0.1) is 0 Å². The average molecular weight is 271 g/mol. The minimum atomic E-state index is -4.71. The van der Waals surface area contributed by atoms with E-state index >= 15 is 0 Å². The molecule has 0 aromatic carbocycles. The molecule has 0 aromatic rings. The molecule has 0 aromatic heterocycles. The highest BCUT2D eigenvalue weighted by Crippen LogP contribution is 1.89. The van der Waals surface area contributed by atoms with Crippen molar-refractivity contribution >= 4 is 39.7 Å². The summed E-state index contributed by atoms with van der Waals surface area (Å²) in [5.41, 5.74) is 0. The standard InChI is InChI=1S/CH3F2N3O5S3/c2-12(8)4-1(7)5-14(10,11)6-13(3)9/h6H,(H2,4,5,7). The third-order valence-electron chi connectivity index (χ3n) is 0.575. The lowest BCUT2D eigenvalue weighted by Gasteiger charge is -2.03. The van der Waals surface area contributed by atoms with Gasteiger partial charge in [0.1, 0.15) is 0 Å². The summed E-state index contributed by atoms with van der Waals surface area (Å²) in [7, 11) is -4.71. The van der Waals surface area contributed by atoms with Crippen LogP contribution in [0.25, 0.3) is 0 Å². The molecule has 0 heterocycles. The van der Waals surface area contributed by atoms with E-state index in [1.807, 2.05) is 0 Å². The smallest absolute Gasteiger partial charge is 0.373 e. The maximum absolute atomic E-state index is 11.6. The van der Waals surface area contributed by atoms with Crippen LogP contribution in [0.3, 0.4) is 0 Å². The van der Waals surface area contributed by atoms with Gasteiger partial charge in [-0.3, -0.25) is 0 Å². The molecule has 0 rings (SSSR count). The van der Waals surface area contributed by atoms with Crippen molar-refractivity contribution in [2.45, 2.75) is 0 Å². The van der Waals surface area contributed by atoms with Gasteiger partial charge in [0, 0.05) is 11.9 Å². The second-order valence-corrected chi connectivity index (χ2v) is 4.54. The van der Waals surface area contributed by atoms with E-state index in [2.05, 4.69) is 0 Å². The number of carbonyl (C=O) groups is 1. The molecule has 0 bridgehead atoms. The van der Waals surface area contributed by atoms with Crippen LogP contribution in [0.5, 0.6) is 0 Å². The Morgan fingerprint density at radius 3 is 2.07 bits per heavy atom. The van der Waals surface area contributed by atoms with Crippen molar-refractivity contribution in [3.05, 3.63) is 0 Å². The van der Waals surface area contributed by atoms with Gasteiger partial charge in [-0.2, -0.15) is 8.42 Å². The van der Waals surface area contributed by atoms with Crippen LogP contribution in [0.2, 0.25) is 0 Å². The SMILES string of the molecule is O=C(N[S+]([O-])F)NS(=O)(=O)N[S+]([O-])F. The summed E-state index contributed by atoms with van der Waals surface area (Å²) in [4.78, 5) is 10.4. The molecule has 13 heteroatoms. The van der Waals surface area contributed by atoms with E-state index in [-0.39, 0.29) is 0 Å². The molecule has 2 atom stereocenters. The summed E-state index contributed by atoms with van der Waals surface area (Å²) < 4.78 is 66.3. The number of hydrogen-bond donors (Lipinski definition) is 3. The highest BCUT2D eigenvalue weighted by atomic mass is 32.3. The predicted octanol–water partition coefficient (Wildman–Crippen LogP) is -1.78. The van der Waals surface area contributed by atoms with Crippen LogP contribution in [0.1, 0.15) is 0 Å². The first-order valence-electron chi connectivity index (χ1n) is 2.50. The van der Waals surface area contributed by atoms with Crippen LogP contribution < -0.4 is 13.6 Å². The van der Waals surface area contributed by atoms with E-state index in [4.69, 9.17) is 0 Å². The molecule has 0 aliphatic rings. The first-order valence-corrected chi connectivity index (χ1v) is 6.08. The van der Waals surface area contributed by atoms with Crippen molar-refractivity contribution in [2.24, 2.45) is 0 Å². The van der Waals surface area contributed by atoms with Crippen molar-refractivity contribution in [3.63, 3.8) is 0 Å². The number of rotatable bonds is 4. The Labute approximate surface area is 83.8 Å². The van der Waals surface area contributed by atoms with Crippen LogP contribution in [-0.4, -0.2) is 23.6 Å². The summed E-state index contributed by atoms with van der Waals surface area (Å²) in [6.07, 6.45) is 0. The minimum absolute atomic E-state index is 0.808. The fourth-order valence-electron chi connectivity index (χ4n) is 0.323. The molecule has 0 radical (unpaired) electrons. The summed E-state index contributed by atoms with van der Waals surface area (Å²) >= 11 is -6.68. The zero-order valence-electron chi connectivity index (χ0n) is 6.02. The molecule has 2 amide bonds. The number of urea groups is 1. The van der Waals surface area contributed by atoms with Gasteiger partial charge in [0.05, 0.1) is 0 Å². The van der Waals surface area contributed by atoms with Crippen LogP contribution in [-0.2, 0) is 33.7 Å². The van der Waals surface area contributed by atoms with Gasteiger partial charge in [-0.1, -0.05) is 0 Å². The maximum atomic E-state index is 11.6. The molecule has 0 saturated carbocycles. The number of hydrogen-bond acceptors (Lipinski definition) is 5. The lowest BCUT2D eigenvalue weighted by Crippen LogP contribution is -2.47. The van der Waals surface area contributed by atoms with E-state index in [1.54, 1.807) is 0 Å². The third-order valence-corrected chi connectivity index (χ3v) is 2.78. The molecule has 0 spiro atoms. The van der Waals surface area contributed by atoms with Crippen LogP contribution in [0.4, 0.5) is 12.6 Å². The first kappa shape index (κ1) is 13.7. The molecular formula is CH3F2N3O5S3. The summed E-state index contributed by atoms with van der Waals surface area (Å²) in [6, 6.07) is -1.70. The van der Waals surface area contributed by atoms with E-state index in [0.29, 0.717) is 0 Å². The molecule has 14 heavy (non-hydrogen) atoms. The van der Waals surface area contributed by atoms with Gasteiger partial charge in [-0.15, -0.1) is 4.72 Å². The van der Waals surface area contributed by atoms with Gasteiger partial charge in [-0.05, 0) is 0 Å². The molecule has 0 aliphatic heterocycles. The molecule has 84 valence electrons. The van der Waals surface area contributed by atoms with Crippen molar-refractivity contribution in [1.82, 2.24) is 13.6 Å². The number of halogens is 2. The fraction of sp³-hybridized carbons (Fsp3) is 0. The molecule has 3 N–H and O–H groups in total. The van der Waals surface area contributed by atoms with E-state index in [1.165, 1.54) is 0 Å². The van der Waals surface area contributed by atoms with Crippen molar-refractivity contribution in [2.75, 3.05) is 0 Å². The zero-order valence-corrected chi connectivity index (χ0v) is 8.47. The Balaban J connectivity index is 4.17. The highest BCUT2D eigenvalue weighted by Gasteiger charge is 2.24. The molecular weight excluding hydrogens is 268 g/mol. The number of amides is 2. The maximum Gasteiger partial charge on any atom is 0.373 e. The summed E-state index contributed by atoms with van der Waals surface area (Å²) in [5.74, 6) is 0. The lowest BCUT2D eigenvalue weighted by molar-refractivity contribution is 0.250. The summed E-state index contributed by atoms with van der Waals surface area (Å²) in [5, 5.41) is 0. The number of nitrogens with one attached hydrogen (secondary N) is 3. The molecule has 0 saturated heterocycles. The Hall–Kier alpha value is -0.340. The molecule has 0 fully saturated rings. The minimum Gasteiger partial charge on any atom is -0.560 e. The van der Waals surface area contributed by atoms with Crippen molar-refractivity contribution < 1.29 is 30.1 Å². The molecule has 0 aliphatic carbocycles. The van der Waals surface area contributed by atoms with E-state index in [9.17, 15) is 30.1 Å². The van der Waals surface area contributed by atoms with Gasteiger partial charge >= 0.3 is 28.0 Å². The van der Waals surface area contributed by atoms with Crippen LogP contribution >= 0.6 is 0 Å². The quantitative estimate of drug-likeness (QED) is 0.519. The lowest BCUT2D eigenvalue weighted by atomic mass is 11.2. The fourth-order valence-corrected chi connectivity index (χ4v) is 1.74. The second kappa shape index (κ2) is 5.52. The Kier molecular flexibility index (Phi) is 5.38. The second-order valence-electron chi connectivity index (χ2n) is 1.57. The monoisotopic (exact) mass is 271 g/mol. The largest absolute Gasteiger partial charge is 0.560 e. The normalized spacial score (nSPS) is 15.7. The Bertz CT molecular complexity index is 291. The molecule has 2 unspecified atom stereocenters. The van der Waals surface area contributed by atoms with Gasteiger partial charge in [0.2, 0.25) is 0 Å². The Morgan fingerprint density at radius 1 is 1.21 bits per heavy atom. The molecule has 8 nitrogen and oxygen atoms in total. The van der Waals surface area contributed by atoms with E-state index in [0.717, 1.165) is 13.6 Å². The third kappa shape index (κ3) is 7.10. The topological polar surface area (TPSA) is 133 Å². The average Bonchev–Trinajstić information content (AvgIpc) is 1.77. The van der Waals surface area contributed by atoms with Crippen molar-refractivity contribution in [1.29, 1.82) is 0 Å². The van der Waals surface area contributed by atoms with Gasteiger partial charge in [0.25, 0.3) is 11.7 Å². The Morgan fingerprint density at radius 2 is 1.71 bits per heavy atom. The zero-order chi connectivity index (χ0) is 11.4. The van der Waals surface area contributed by atoms with Crippen LogP contribution in [0.15, 0.2) is 0 Å². The van der Waals surface area contributed by atoms with Gasteiger partial charge < -0.3 is 9.11 Å². The highest BCUT2D eigenvalue weighted by molar-refractivity contribution is 8.01. The first-order chi connectivity index (χ1) is 6.23.